The van der Waals surface area contributed by atoms with Gasteiger partial charge in [0.2, 0.25) is 0 Å². The Morgan fingerprint density at radius 3 is 2.42 bits per heavy atom. The summed E-state index contributed by atoms with van der Waals surface area (Å²) in [4.78, 5) is 41.3. The van der Waals surface area contributed by atoms with Crippen molar-refractivity contribution >= 4 is 19.9 Å². The number of aliphatic hydroxyl groups excluding tert-OH is 1. The summed E-state index contributed by atoms with van der Waals surface area (Å²) in [6, 6.07) is 26.2. The Labute approximate surface area is 309 Å². The highest BCUT2D eigenvalue weighted by molar-refractivity contribution is 6.71. The lowest BCUT2D eigenvalue weighted by molar-refractivity contribution is -0.146. The average Bonchev–Trinajstić information content (AvgIpc) is 3.82. The van der Waals surface area contributed by atoms with Crippen molar-refractivity contribution in [3.05, 3.63) is 130 Å². The molecule has 1 amide bonds. The maximum atomic E-state index is 14.9. The van der Waals surface area contributed by atoms with Crippen molar-refractivity contribution in [2.24, 2.45) is 5.92 Å². The summed E-state index contributed by atoms with van der Waals surface area (Å²) < 4.78 is 21.1. The number of benzene rings is 3. The lowest BCUT2D eigenvalue weighted by atomic mass is 9.82. The monoisotopic (exact) mass is 735 g/mol. The molecule has 7 rings (SSSR count). The van der Waals surface area contributed by atoms with E-state index in [0.717, 1.165) is 22.4 Å². The Bertz CT molecular complexity index is 2150. The fourth-order valence-corrected chi connectivity index (χ4v) is 10.9. The second kappa shape index (κ2) is 14.4. The van der Waals surface area contributed by atoms with Crippen molar-refractivity contribution in [3.63, 3.8) is 0 Å². The molecule has 5 atom stereocenters. The summed E-state index contributed by atoms with van der Waals surface area (Å²) in [5, 5.41) is 18.9. The Hall–Kier alpha value is -5.08. The highest BCUT2D eigenvalue weighted by atomic mass is 28.4. The van der Waals surface area contributed by atoms with Crippen LogP contribution < -0.4 is 19.9 Å². The fraction of sp³-hybridized carbons (Fsp3) is 0.350. The van der Waals surface area contributed by atoms with E-state index >= 15 is 0 Å². The van der Waals surface area contributed by atoms with Crippen LogP contribution in [0.15, 0.2) is 102 Å². The number of pyridine rings is 1. The molecule has 12 nitrogen and oxygen atoms in total. The number of aromatic nitrogens is 4. The molecule has 4 heterocycles. The van der Waals surface area contributed by atoms with Crippen LogP contribution in [0.1, 0.15) is 41.6 Å². The van der Waals surface area contributed by atoms with E-state index in [9.17, 15) is 19.5 Å². The predicted octanol–water partition coefficient (Wildman–Crippen LogP) is 5.01. The number of nitrogens with zero attached hydrogens (tertiary/aromatic N) is 5. The first-order valence-electron chi connectivity index (χ1n) is 17.8. The summed E-state index contributed by atoms with van der Waals surface area (Å²) in [6.07, 6.45) is 3.57. The molecule has 0 radical (unpaired) electrons. The standard InChI is InChI=1S/C40H45N5O7Si/c1-26-37(53(4,5)49)35(19-21-43-24-33(41-42-43)31(25-46)28-10-7-6-8-11-28)52-40(26)32-22-30(50-2)17-18-34(32)45(39(40)48)23-27-13-15-29(16-14-27)44-20-9-12-36(51-3)38(44)47/h6-18,20,22,24,26,31,35,37,46,49H,19,21,23,25H2,1-5H3/t26-,31?,35+,37-,40+/m1/s1. The van der Waals surface area contributed by atoms with Gasteiger partial charge in [0.05, 0.1) is 50.8 Å². The Kier molecular flexibility index (Phi) is 9.85. The minimum atomic E-state index is -2.91. The number of amides is 1. The van der Waals surface area contributed by atoms with Gasteiger partial charge < -0.3 is 29.0 Å². The van der Waals surface area contributed by atoms with Crippen molar-refractivity contribution in [1.29, 1.82) is 0 Å². The zero-order valence-electron chi connectivity index (χ0n) is 30.5. The number of aliphatic hydroxyl groups is 1. The van der Waals surface area contributed by atoms with Gasteiger partial charge >= 0.3 is 0 Å². The maximum absolute atomic E-state index is 14.9. The van der Waals surface area contributed by atoms with Gasteiger partial charge in [-0.2, -0.15) is 0 Å². The molecule has 0 saturated carbocycles. The zero-order chi connectivity index (χ0) is 37.5. The third-order valence-corrected chi connectivity index (χ3v) is 13.3. The number of hydrogen-bond acceptors (Lipinski definition) is 9. The highest BCUT2D eigenvalue weighted by Crippen LogP contribution is 2.60. The first-order chi connectivity index (χ1) is 25.5. The average molecular weight is 736 g/mol. The molecule has 2 aliphatic rings. The van der Waals surface area contributed by atoms with Gasteiger partial charge in [-0.15, -0.1) is 5.10 Å². The summed E-state index contributed by atoms with van der Waals surface area (Å²) in [5.74, 6) is 0.00500. The zero-order valence-corrected chi connectivity index (χ0v) is 31.5. The molecule has 1 spiro atoms. The van der Waals surface area contributed by atoms with Crippen LogP contribution in [0.25, 0.3) is 5.69 Å². The van der Waals surface area contributed by atoms with Gasteiger partial charge in [0.25, 0.3) is 11.5 Å². The first kappa shape index (κ1) is 36.3. The second-order valence-electron chi connectivity index (χ2n) is 14.4. The molecule has 5 aromatic rings. The van der Waals surface area contributed by atoms with Crippen LogP contribution in [-0.2, 0) is 28.2 Å². The lowest BCUT2D eigenvalue weighted by Gasteiger charge is -2.32. The van der Waals surface area contributed by atoms with Gasteiger partial charge in [-0.3, -0.25) is 18.8 Å². The van der Waals surface area contributed by atoms with E-state index in [2.05, 4.69) is 10.3 Å². The molecule has 0 aliphatic carbocycles. The molecule has 53 heavy (non-hydrogen) atoms. The minimum absolute atomic E-state index is 0.102. The Balaban J connectivity index is 1.17. The summed E-state index contributed by atoms with van der Waals surface area (Å²) >= 11 is 0. The molecule has 0 bridgehead atoms. The molecular formula is C40H45N5O7Si. The highest BCUT2D eigenvalue weighted by Gasteiger charge is 2.66. The Morgan fingerprint density at radius 2 is 1.74 bits per heavy atom. The number of rotatable bonds is 12. The smallest absolute Gasteiger partial charge is 0.297 e. The molecular weight excluding hydrogens is 691 g/mol. The Morgan fingerprint density at radius 1 is 0.981 bits per heavy atom. The number of aryl methyl sites for hydroxylation is 1. The van der Waals surface area contributed by atoms with Gasteiger partial charge in [-0.1, -0.05) is 54.6 Å². The van der Waals surface area contributed by atoms with Gasteiger partial charge in [0.1, 0.15) is 5.75 Å². The van der Waals surface area contributed by atoms with E-state index in [4.69, 9.17) is 14.2 Å². The molecule has 1 fully saturated rings. The van der Waals surface area contributed by atoms with E-state index in [1.807, 2.05) is 99.0 Å². The number of hydrogen-bond donors (Lipinski definition) is 2. The van der Waals surface area contributed by atoms with Crippen molar-refractivity contribution in [1.82, 2.24) is 19.6 Å². The quantitative estimate of drug-likeness (QED) is 0.169. The molecule has 1 unspecified atom stereocenters. The molecule has 13 heteroatoms. The van der Waals surface area contributed by atoms with Crippen molar-refractivity contribution in [2.45, 2.75) is 62.7 Å². The molecule has 3 aromatic carbocycles. The molecule has 2 N–H and O–H groups in total. The maximum Gasteiger partial charge on any atom is 0.297 e. The summed E-state index contributed by atoms with van der Waals surface area (Å²) in [7, 11) is 0.156. The van der Waals surface area contributed by atoms with E-state index in [-0.39, 0.29) is 47.7 Å². The van der Waals surface area contributed by atoms with Crippen molar-refractivity contribution in [3.8, 4) is 17.2 Å². The van der Waals surface area contributed by atoms with Gasteiger partial charge in [0.15, 0.2) is 19.7 Å². The lowest BCUT2D eigenvalue weighted by Crippen LogP contribution is -2.46. The first-order valence-corrected chi connectivity index (χ1v) is 20.8. The van der Waals surface area contributed by atoms with Crippen LogP contribution in [0.2, 0.25) is 18.6 Å². The second-order valence-corrected chi connectivity index (χ2v) is 18.4. The van der Waals surface area contributed by atoms with Crippen LogP contribution in [0.3, 0.4) is 0 Å². The molecule has 2 aliphatic heterocycles. The number of methoxy groups -OCH3 is 2. The third-order valence-electron chi connectivity index (χ3n) is 10.8. The number of carbonyl (C=O) groups is 1. The van der Waals surface area contributed by atoms with Gasteiger partial charge in [0, 0.05) is 41.6 Å². The third kappa shape index (κ3) is 6.47. The predicted molar refractivity (Wildman–Crippen MR) is 202 cm³/mol. The molecule has 2 aromatic heterocycles. The van der Waals surface area contributed by atoms with Crippen LogP contribution >= 0.6 is 0 Å². The number of ether oxygens (including phenoxy) is 3. The van der Waals surface area contributed by atoms with E-state index in [0.29, 0.717) is 30.1 Å². The SMILES string of the molecule is COc1ccc2c(c1)[C@]1(O[C@@H](CCn3cc(C(CO)c4ccccc4)nn3)[C@H]([Si](C)(C)O)[C@H]1C)C(=O)N2Cc1ccc(-n2cccc(OC)c2=O)cc1. The summed E-state index contributed by atoms with van der Waals surface area (Å²) in [5.41, 5.74) is 2.72. The minimum Gasteiger partial charge on any atom is -0.497 e. The van der Waals surface area contributed by atoms with E-state index < -0.39 is 20.0 Å². The topological polar surface area (TPSA) is 141 Å². The van der Waals surface area contributed by atoms with E-state index in [1.165, 1.54) is 11.7 Å². The number of anilines is 1. The fourth-order valence-electron chi connectivity index (χ4n) is 8.28. The normalized spacial score (nSPS) is 21.6. The van der Waals surface area contributed by atoms with Crippen LogP contribution in [0, 0.1) is 5.92 Å². The van der Waals surface area contributed by atoms with Crippen LogP contribution in [-0.4, -0.2) is 70.6 Å². The van der Waals surface area contributed by atoms with Gasteiger partial charge in [-0.25, -0.2) is 0 Å². The number of fused-ring (bicyclic) bond motifs is 2. The number of carbonyl (C=O) groups excluding carboxylic acids is 1. The van der Waals surface area contributed by atoms with Crippen molar-refractivity contribution in [2.75, 3.05) is 25.7 Å². The van der Waals surface area contributed by atoms with Crippen LogP contribution in [0.5, 0.6) is 11.5 Å². The van der Waals surface area contributed by atoms with E-state index in [1.54, 1.807) is 35.0 Å². The van der Waals surface area contributed by atoms with Gasteiger partial charge in [-0.05, 0) is 73.1 Å². The van der Waals surface area contributed by atoms with Crippen molar-refractivity contribution < 1.29 is 28.9 Å². The molecule has 276 valence electrons. The molecule has 1 saturated heterocycles. The largest absolute Gasteiger partial charge is 0.497 e. The summed E-state index contributed by atoms with van der Waals surface area (Å²) in [6.45, 7) is 6.44. The van der Waals surface area contributed by atoms with Crippen LogP contribution in [0.4, 0.5) is 5.69 Å².